The van der Waals surface area contributed by atoms with Crippen LogP contribution in [0, 0.1) is 0 Å². The van der Waals surface area contributed by atoms with Crippen LogP contribution in [-0.2, 0) is 16.1 Å². The van der Waals surface area contributed by atoms with E-state index in [-0.39, 0.29) is 5.91 Å². The second kappa shape index (κ2) is 8.48. The molecule has 1 aliphatic rings. The molecule has 6 nitrogen and oxygen atoms in total. The van der Waals surface area contributed by atoms with Crippen LogP contribution in [0.15, 0.2) is 23.5 Å². The van der Waals surface area contributed by atoms with E-state index in [1.807, 2.05) is 16.7 Å². The molecule has 0 aromatic carbocycles. The minimum atomic E-state index is 0.0882. The summed E-state index contributed by atoms with van der Waals surface area (Å²) in [4.78, 5) is 21.2. The van der Waals surface area contributed by atoms with Crippen molar-refractivity contribution in [1.82, 2.24) is 19.9 Å². The maximum atomic E-state index is 12.2. The summed E-state index contributed by atoms with van der Waals surface area (Å²) in [5.74, 6) is 0.470. The van der Waals surface area contributed by atoms with Gasteiger partial charge in [0.15, 0.2) is 10.8 Å². The average Bonchev–Trinajstić information content (AvgIpc) is 2.96. The number of carbonyl (C=O) groups excluding carboxylic acids is 1. The molecule has 0 saturated heterocycles. The molecule has 24 heavy (non-hydrogen) atoms. The molecule has 1 N–H and O–H groups in total. The lowest BCUT2D eigenvalue weighted by Crippen LogP contribution is -2.37. The average molecular weight is 348 g/mol. The first-order valence-electron chi connectivity index (χ1n) is 8.50. The van der Waals surface area contributed by atoms with Crippen LogP contribution >= 0.6 is 11.8 Å². The zero-order chi connectivity index (χ0) is 16.8. The highest BCUT2D eigenvalue weighted by molar-refractivity contribution is 7.99. The SMILES string of the molecule is COCCn1c(SCC(=O)NC2CCCCC2)nc2cccnc21. The number of aromatic nitrogens is 3. The van der Waals surface area contributed by atoms with Crippen molar-refractivity contribution < 1.29 is 9.53 Å². The van der Waals surface area contributed by atoms with Gasteiger partial charge in [0.2, 0.25) is 5.91 Å². The van der Waals surface area contributed by atoms with E-state index in [0.717, 1.165) is 29.2 Å². The monoisotopic (exact) mass is 348 g/mol. The van der Waals surface area contributed by atoms with Crippen molar-refractivity contribution in [1.29, 1.82) is 0 Å². The van der Waals surface area contributed by atoms with E-state index in [4.69, 9.17) is 4.74 Å². The molecule has 1 saturated carbocycles. The van der Waals surface area contributed by atoms with E-state index in [1.54, 1.807) is 13.3 Å². The predicted octanol–water partition coefficient (Wildman–Crippen LogP) is 2.62. The normalized spacial score (nSPS) is 15.7. The number of fused-ring (bicyclic) bond motifs is 1. The fraction of sp³-hybridized carbons (Fsp3) is 0.588. The Kier molecular flexibility index (Phi) is 6.09. The Labute approximate surface area is 146 Å². The van der Waals surface area contributed by atoms with Gasteiger partial charge < -0.3 is 14.6 Å². The second-order valence-electron chi connectivity index (χ2n) is 6.08. The van der Waals surface area contributed by atoms with Crippen LogP contribution in [0.25, 0.3) is 11.2 Å². The number of carbonyl (C=O) groups is 1. The van der Waals surface area contributed by atoms with Crippen molar-refractivity contribution in [3.05, 3.63) is 18.3 Å². The Morgan fingerprint density at radius 3 is 3.04 bits per heavy atom. The Morgan fingerprint density at radius 1 is 1.42 bits per heavy atom. The molecule has 2 heterocycles. The zero-order valence-corrected chi connectivity index (χ0v) is 14.8. The molecule has 7 heteroatoms. The molecule has 1 fully saturated rings. The third kappa shape index (κ3) is 4.27. The summed E-state index contributed by atoms with van der Waals surface area (Å²) >= 11 is 1.46. The molecule has 0 spiro atoms. The minimum Gasteiger partial charge on any atom is -0.383 e. The molecule has 0 atom stereocenters. The lowest BCUT2D eigenvalue weighted by Gasteiger charge is -2.22. The molecule has 3 rings (SSSR count). The van der Waals surface area contributed by atoms with Crippen LogP contribution in [0.5, 0.6) is 0 Å². The molecule has 0 aliphatic heterocycles. The molecular formula is C17H24N4O2S. The van der Waals surface area contributed by atoms with E-state index >= 15 is 0 Å². The summed E-state index contributed by atoms with van der Waals surface area (Å²) in [6.07, 6.45) is 7.70. The summed E-state index contributed by atoms with van der Waals surface area (Å²) in [6.45, 7) is 1.26. The Morgan fingerprint density at radius 2 is 2.25 bits per heavy atom. The number of imidazole rings is 1. The van der Waals surface area contributed by atoms with Gasteiger partial charge >= 0.3 is 0 Å². The van der Waals surface area contributed by atoms with Crippen LogP contribution in [0.4, 0.5) is 0 Å². The lowest BCUT2D eigenvalue weighted by atomic mass is 9.95. The van der Waals surface area contributed by atoms with Crippen LogP contribution < -0.4 is 5.32 Å². The molecular weight excluding hydrogens is 324 g/mol. The fourth-order valence-electron chi connectivity index (χ4n) is 3.08. The number of amides is 1. The van der Waals surface area contributed by atoms with Gasteiger partial charge in [-0.25, -0.2) is 9.97 Å². The summed E-state index contributed by atoms with van der Waals surface area (Å²) in [5.41, 5.74) is 1.69. The number of pyridine rings is 1. The second-order valence-corrected chi connectivity index (χ2v) is 7.02. The van der Waals surface area contributed by atoms with Crippen molar-refractivity contribution in [2.24, 2.45) is 0 Å². The van der Waals surface area contributed by atoms with Gasteiger partial charge in [-0.2, -0.15) is 0 Å². The number of nitrogens with zero attached hydrogens (tertiary/aromatic N) is 3. The summed E-state index contributed by atoms with van der Waals surface area (Å²) in [5, 5.41) is 3.97. The smallest absolute Gasteiger partial charge is 0.230 e. The minimum absolute atomic E-state index is 0.0882. The molecule has 0 bridgehead atoms. The highest BCUT2D eigenvalue weighted by Gasteiger charge is 2.17. The third-order valence-electron chi connectivity index (χ3n) is 4.29. The first kappa shape index (κ1) is 17.2. The number of methoxy groups -OCH3 is 1. The highest BCUT2D eigenvalue weighted by Crippen LogP contribution is 2.23. The number of thioether (sulfide) groups is 1. The first-order valence-corrected chi connectivity index (χ1v) is 9.49. The molecule has 2 aromatic rings. The number of rotatable bonds is 7. The van der Waals surface area contributed by atoms with Crippen molar-refractivity contribution in [2.75, 3.05) is 19.5 Å². The topological polar surface area (TPSA) is 69.0 Å². The zero-order valence-electron chi connectivity index (χ0n) is 14.0. The quantitative estimate of drug-likeness (QED) is 0.779. The molecule has 1 amide bonds. The predicted molar refractivity (Wildman–Crippen MR) is 95.1 cm³/mol. The van der Waals surface area contributed by atoms with Crippen molar-refractivity contribution in [3.8, 4) is 0 Å². The van der Waals surface area contributed by atoms with Gasteiger partial charge in [-0.15, -0.1) is 0 Å². The number of ether oxygens (including phenoxy) is 1. The lowest BCUT2D eigenvalue weighted by molar-refractivity contribution is -0.119. The molecule has 130 valence electrons. The highest BCUT2D eigenvalue weighted by atomic mass is 32.2. The van der Waals surface area contributed by atoms with Crippen LogP contribution in [0.2, 0.25) is 0 Å². The van der Waals surface area contributed by atoms with Crippen LogP contribution in [-0.4, -0.2) is 46.0 Å². The largest absolute Gasteiger partial charge is 0.383 e. The van der Waals surface area contributed by atoms with Gasteiger partial charge in [-0.1, -0.05) is 31.0 Å². The van der Waals surface area contributed by atoms with Gasteiger partial charge in [0.25, 0.3) is 0 Å². The van der Waals surface area contributed by atoms with E-state index in [9.17, 15) is 4.79 Å². The fourth-order valence-corrected chi connectivity index (χ4v) is 3.92. The van der Waals surface area contributed by atoms with Gasteiger partial charge in [0.1, 0.15) is 5.52 Å². The Balaban J connectivity index is 1.64. The standard InChI is InChI=1S/C17H24N4O2S/c1-23-11-10-21-16-14(8-5-9-18-16)20-17(21)24-12-15(22)19-13-6-3-2-4-7-13/h5,8-9,13H,2-4,6-7,10-12H2,1H3,(H,19,22). The molecule has 2 aromatic heterocycles. The third-order valence-corrected chi connectivity index (χ3v) is 5.27. The summed E-state index contributed by atoms with van der Waals surface area (Å²) < 4.78 is 7.21. The number of nitrogens with one attached hydrogen (secondary N) is 1. The maximum Gasteiger partial charge on any atom is 0.230 e. The molecule has 1 aliphatic carbocycles. The van der Waals surface area contributed by atoms with Gasteiger partial charge in [-0.3, -0.25) is 4.79 Å². The van der Waals surface area contributed by atoms with E-state index in [1.165, 1.54) is 31.0 Å². The summed E-state index contributed by atoms with van der Waals surface area (Å²) in [7, 11) is 1.68. The van der Waals surface area contributed by atoms with Gasteiger partial charge in [0, 0.05) is 19.3 Å². The van der Waals surface area contributed by atoms with Crippen LogP contribution in [0.3, 0.4) is 0 Å². The van der Waals surface area contributed by atoms with E-state index < -0.39 is 0 Å². The molecule has 0 unspecified atom stereocenters. The van der Waals surface area contributed by atoms with Crippen molar-refractivity contribution in [3.63, 3.8) is 0 Å². The first-order chi connectivity index (χ1) is 11.8. The van der Waals surface area contributed by atoms with Crippen LogP contribution in [0.1, 0.15) is 32.1 Å². The van der Waals surface area contributed by atoms with Gasteiger partial charge in [0.05, 0.1) is 18.9 Å². The molecule has 0 radical (unpaired) electrons. The van der Waals surface area contributed by atoms with E-state index in [0.29, 0.717) is 24.9 Å². The Hall–Kier alpha value is -1.60. The van der Waals surface area contributed by atoms with Crippen molar-refractivity contribution >= 4 is 28.8 Å². The van der Waals surface area contributed by atoms with E-state index in [2.05, 4.69) is 15.3 Å². The Bertz CT molecular complexity index is 682. The summed E-state index contributed by atoms with van der Waals surface area (Å²) in [6, 6.07) is 4.17. The number of hydrogen-bond donors (Lipinski definition) is 1. The number of hydrogen-bond acceptors (Lipinski definition) is 5. The van der Waals surface area contributed by atoms with Crippen molar-refractivity contribution in [2.45, 2.75) is 49.8 Å². The maximum absolute atomic E-state index is 12.2. The van der Waals surface area contributed by atoms with Gasteiger partial charge in [-0.05, 0) is 25.0 Å².